The van der Waals surface area contributed by atoms with Gasteiger partial charge in [0.2, 0.25) is 0 Å². The van der Waals surface area contributed by atoms with Crippen molar-refractivity contribution in [3.05, 3.63) is 47.5 Å². The van der Waals surface area contributed by atoms with Gasteiger partial charge in [0, 0.05) is 13.1 Å². The average Bonchev–Trinajstić information content (AvgIpc) is 3.03. The lowest BCUT2D eigenvalue weighted by Crippen LogP contribution is -2.43. The van der Waals surface area contributed by atoms with Gasteiger partial charge in [0.05, 0.1) is 19.3 Å². The molecule has 116 valence electrons. The van der Waals surface area contributed by atoms with Gasteiger partial charge in [0.15, 0.2) is 0 Å². The minimum absolute atomic E-state index is 0.109. The number of ether oxygens (including phenoxy) is 1. The quantitative estimate of drug-likeness (QED) is 0.865. The molecule has 1 aliphatic heterocycles. The molecule has 1 unspecified atom stereocenters. The molecule has 1 aliphatic rings. The number of rotatable bonds is 3. The molecule has 0 spiro atoms. The Morgan fingerprint density at radius 1 is 1.41 bits per heavy atom. The van der Waals surface area contributed by atoms with Crippen LogP contribution in [0.15, 0.2) is 30.5 Å². The van der Waals surface area contributed by atoms with E-state index in [-0.39, 0.29) is 17.8 Å². The van der Waals surface area contributed by atoms with Gasteiger partial charge in [-0.3, -0.25) is 4.79 Å². The van der Waals surface area contributed by atoms with Crippen molar-refractivity contribution in [1.29, 1.82) is 0 Å². The highest BCUT2D eigenvalue weighted by Gasteiger charge is 2.28. The standard InChI is InChI=1S/C15H17FN4O2/c1-2-20-13(9-17-18-20)15(21)19-7-8-22-14(10-19)11-3-5-12(16)6-4-11/h3-6,9,14H,2,7-8,10H2,1H3. The van der Waals surface area contributed by atoms with Gasteiger partial charge in [0.25, 0.3) is 5.91 Å². The topological polar surface area (TPSA) is 60.2 Å². The lowest BCUT2D eigenvalue weighted by Gasteiger charge is -2.33. The second-order valence-electron chi connectivity index (χ2n) is 5.10. The number of amides is 1. The molecule has 1 aromatic heterocycles. The minimum atomic E-state index is -0.287. The molecule has 0 N–H and O–H groups in total. The number of aryl methyl sites for hydroxylation is 1. The van der Waals surface area contributed by atoms with Crippen molar-refractivity contribution in [2.24, 2.45) is 0 Å². The van der Waals surface area contributed by atoms with Crippen molar-refractivity contribution in [1.82, 2.24) is 19.9 Å². The van der Waals surface area contributed by atoms with Crippen LogP contribution in [-0.2, 0) is 11.3 Å². The Kier molecular flexibility index (Phi) is 4.15. The van der Waals surface area contributed by atoms with Crippen molar-refractivity contribution in [3.63, 3.8) is 0 Å². The third kappa shape index (κ3) is 2.85. The van der Waals surface area contributed by atoms with E-state index in [1.165, 1.54) is 18.3 Å². The Hall–Kier alpha value is -2.28. The maximum atomic E-state index is 13.0. The molecule has 7 heteroatoms. The van der Waals surface area contributed by atoms with Gasteiger partial charge < -0.3 is 9.64 Å². The number of carbonyl (C=O) groups is 1. The number of hydrogen-bond acceptors (Lipinski definition) is 4. The van der Waals surface area contributed by atoms with Gasteiger partial charge in [-0.2, -0.15) is 0 Å². The first kappa shape index (κ1) is 14.6. The number of benzene rings is 1. The van der Waals surface area contributed by atoms with Crippen LogP contribution in [0.4, 0.5) is 4.39 Å². The molecular formula is C15H17FN4O2. The van der Waals surface area contributed by atoms with E-state index in [9.17, 15) is 9.18 Å². The summed E-state index contributed by atoms with van der Waals surface area (Å²) in [5.41, 5.74) is 1.34. The first-order valence-electron chi connectivity index (χ1n) is 7.24. The van der Waals surface area contributed by atoms with E-state index in [2.05, 4.69) is 10.3 Å². The van der Waals surface area contributed by atoms with Gasteiger partial charge in [-0.05, 0) is 24.6 Å². The fourth-order valence-electron chi connectivity index (χ4n) is 2.53. The summed E-state index contributed by atoms with van der Waals surface area (Å²) in [5.74, 6) is -0.396. The summed E-state index contributed by atoms with van der Waals surface area (Å²) in [7, 11) is 0. The average molecular weight is 304 g/mol. The SMILES string of the molecule is CCn1nncc1C(=O)N1CCOC(c2ccc(F)cc2)C1. The number of halogens is 1. The molecule has 1 aromatic carbocycles. The summed E-state index contributed by atoms with van der Waals surface area (Å²) >= 11 is 0. The summed E-state index contributed by atoms with van der Waals surface area (Å²) in [6.45, 7) is 3.89. The van der Waals surface area contributed by atoms with E-state index in [0.717, 1.165) is 5.56 Å². The summed E-state index contributed by atoms with van der Waals surface area (Å²) in [5, 5.41) is 7.67. The monoisotopic (exact) mass is 304 g/mol. The number of morpholine rings is 1. The summed E-state index contributed by atoms with van der Waals surface area (Å²) in [6, 6.07) is 6.17. The zero-order chi connectivity index (χ0) is 15.5. The van der Waals surface area contributed by atoms with Crippen LogP contribution in [0, 0.1) is 5.82 Å². The first-order chi connectivity index (χ1) is 10.7. The Labute approximate surface area is 127 Å². The van der Waals surface area contributed by atoms with Crippen molar-refractivity contribution >= 4 is 5.91 Å². The van der Waals surface area contributed by atoms with Gasteiger partial charge >= 0.3 is 0 Å². The molecule has 0 saturated carbocycles. The van der Waals surface area contributed by atoms with Gasteiger partial charge in [-0.15, -0.1) is 5.10 Å². The van der Waals surface area contributed by atoms with Crippen LogP contribution in [-0.4, -0.2) is 45.5 Å². The predicted molar refractivity (Wildman–Crippen MR) is 76.7 cm³/mol. The Bertz CT molecular complexity index is 656. The summed E-state index contributed by atoms with van der Waals surface area (Å²) in [6.07, 6.45) is 1.23. The van der Waals surface area contributed by atoms with Crippen LogP contribution >= 0.6 is 0 Å². The van der Waals surface area contributed by atoms with Crippen LogP contribution < -0.4 is 0 Å². The normalized spacial score (nSPS) is 18.5. The molecule has 0 bridgehead atoms. The Balaban J connectivity index is 1.75. The first-order valence-corrected chi connectivity index (χ1v) is 7.24. The Morgan fingerprint density at radius 2 is 2.18 bits per heavy atom. The number of nitrogens with zero attached hydrogens (tertiary/aromatic N) is 4. The molecule has 6 nitrogen and oxygen atoms in total. The molecule has 2 aromatic rings. The molecule has 2 heterocycles. The minimum Gasteiger partial charge on any atom is -0.370 e. The predicted octanol–water partition coefficient (Wildman–Crippen LogP) is 1.65. The fourth-order valence-corrected chi connectivity index (χ4v) is 2.53. The largest absolute Gasteiger partial charge is 0.370 e. The molecule has 22 heavy (non-hydrogen) atoms. The van der Waals surface area contributed by atoms with Crippen molar-refractivity contribution < 1.29 is 13.9 Å². The molecule has 1 atom stereocenters. The number of carbonyl (C=O) groups excluding carboxylic acids is 1. The van der Waals surface area contributed by atoms with E-state index in [0.29, 0.717) is 31.9 Å². The second-order valence-corrected chi connectivity index (χ2v) is 5.10. The number of aromatic nitrogens is 3. The van der Waals surface area contributed by atoms with Gasteiger partial charge in [0.1, 0.15) is 17.6 Å². The maximum absolute atomic E-state index is 13.0. The van der Waals surface area contributed by atoms with Crippen LogP contribution in [0.1, 0.15) is 29.1 Å². The molecule has 0 radical (unpaired) electrons. The second kappa shape index (κ2) is 6.23. The van der Waals surface area contributed by atoms with Gasteiger partial charge in [-0.1, -0.05) is 17.3 Å². The lowest BCUT2D eigenvalue weighted by molar-refractivity contribution is -0.0232. The zero-order valence-corrected chi connectivity index (χ0v) is 12.3. The van der Waals surface area contributed by atoms with Crippen LogP contribution in [0.3, 0.4) is 0 Å². The Morgan fingerprint density at radius 3 is 2.91 bits per heavy atom. The van der Waals surface area contributed by atoms with E-state index in [1.807, 2.05) is 6.92 Å². The van der Waals surface area contributed by atoms with E-state index < -0.39 is 0 Å². The molecular weight excluding hydrogens is 287 g/mol. The van der Waals surface area contributed by atoms with Crippen LogP contribution in [0.25, 0.3) is 0 Å². The molecule has 0 aliphatic carbocycles. The van der Waals surface area contributed by atoms with E-state index >= 15 is 0 Å². The van der Waals surface area contributed by atoms with Crippen molar-refractivity contribution in [3.8, 4) is 0 Å². The van der Waals surface area contributed by atoms with Crippen LogP contribution in [0.2, 0.25) is 0 Å². The maximum Gasteiger partial charge on any atom is 0.273 e. The highest BCUT2D eigenvalue weighted by molar-refractivity contribution is 5.92. The number of hydrogen-bond donors (Lipinski definition) is 0. The van der Waals surface area contributed by atoms with E-state index in [1.54, 1.807) is 21.7 Å². The highest BCUT2D eigenvalue weighted by atomic mass is 19.1. The summed E-state index contributed by atoms with van der Waals surface area (Å²) < 4.78 is 20.3. The molecule has 1 saturated heterocycles. The zero-order valence-electron chi connectivity index (χ0n) is 12.3. The van der Waals surface area contributed by atoms with Gasteiger partial charge in [-0.25, -0.2) is 9.07 Å². The fraction of sp³-hybridized carbons (Fsp3) is 0.400. The van der Waals surface area contributed by atoms with Crippen LogP contribution in [0.5, 0.6) is 0 Å². The van der Waals surface area contributed by atoms with Crippen molar-refractivity contribution in [2.75, 3.05) is 19.7 Å². The molecule has 1 amide bonds. The summed E-state index contributed by atoms with van der Waals surface area (Å²) in [4.78, 5) is 14.3. The highest BCUT2D eigenvalue weighted by Crippen LogP contribution is 2.23. The van der Waals surface area contributed by atoms with Crippen molar-refractivity contribution in [2.45, 2.75) is 19.6 Å². The third-order valence-corrected chi connectivity index (χ3v) is 3.73. The van der Waals surface area contributed by atoms with E-state index in [4.69, 9.17) is 4.74 Å². The smallest absolute Gasteiger partial charge is 0.273 e. The lowest BCUT2D eigenvalue weighted by atomic mass is 10.1. The molecule has 3 rings (SSSR count). The molecule has 1 fully saturated rings. The third-order valence-electron chi connectivity index (χ3n) is 3.73.